The number of para-hydroxylation sites is 1. The van der Waals surface area contributed by atoms with Gasteiger partial charge in [-0.3, -0.25) is 0 Å². The quantitative estimate of drug-likeness (QED) is 0.195. The first-order valence-electron chi connectivity index (χ1n) is 12.6. The van der Waals surface area contributed by atoms with E-state index in [9.17, 15) is 14.4 Å². The summed E-state index contributed by atoms with van der Waals surface area (Å²) in [6.07, 6.45) is 0.0361. The molecule has 1 unspecified atom stereocenters. The van der Waals surface area contributed by atoms with Crippen molar-refractivity contribution < 1.29 is 28.6 Å². The van der Waals surface area contributed by atoms with E-state index in [1.165, 1.54) is 12.1 Å². The molecule has 4 aromatic carbocycles. The predicted octanol–water partition coefficient (Wildman–Crippen LogP) is 5.88. The Balaban J connectivity index is 1.43. The summed E-state index contributed by atoms with van der Waals surface area (Å²) in [5.74, 6) is -1.30. The summed E-state index contributed by atoms with van der Waals surface area (Å²) in [6, 6.07) is 33.4. The number of esters is 2. The number of carbonyl (C=O) groups excluding carboxylic acids is 3. The van der Waals surface area contributed by atoms with Crippen molar-refractivity contribution >= 4 is 18.0 Å². The highest BCUT2D eigenvalue weighted by atomic mass is 16.6. The van der Waals surface area contributed by atoms with Crippen molar-refractivity contribution in [3.63, 3.8) is 0 Å². The molecule has 0 saturated carbocycles. The number of aryl methyl sites for hydroxylation is 1. The van der Waals surface area contributed by atoms with Crippen LogP contribution < -0.4 is 10.1 Å². The smallest absolute Gasteiger partial charge is 0.408 e. The molecule has 1 N–H and O–H groups in total. The molecule has 198 valence electrons. The number of rotatable bonds is 11. The molecule has 7 nitrogen and oxygen atoms in total. The molecule has 0 spiro atoms. The normalized spacial score (nSPS) is 11.2. The SMILES string of the molecule is O=C(NC(CCc1ccccc1)C(=O)Oc1ccccc1C(=O)OCc1ccccc1)OCc1ccccc1. The third-order valence-electron chi connectivity index (χ3n) is 5.88. The van der Waals surface area contributed by atoms with E-state index in [0.717, 1.165) is 16.7 Å². The average molecular weight is 524 g/mol. The molecule has 4 rings (SSSR count). The molecule has 1 amide bonds. The second kappa shape index (κ2) is 14.1. The fourth-order valence-corrected chi connectivity index (χ4v) is 3.82. The Kier molecular flexibility index (Phi) is 9.84. The van der Waals surface area contributed by atoms with E-state index in [-0.39, 0.29) is 30.9 Å². The fraction of sp³-hybridized carbons (Fsp3) is 0.156. The molecule has 0 bridgehead atoms. The summed E-state index contributed by atoms with van der Waals surface area (Å²) < 4.78 is 16.4. The molecule has 0 radical (unpaired) electrons. The first kappa shape index (κ1) is 27.1. The third-order valence-corrected chi connectivity index (χ3v) is 5.88. The zero-order chi connectivity index (χ0) is 27.3. The van der Waals surface area contributed by atoms with Gasteiger partial charge < -0.3 is 19.5 Å². The molecule has 7 heteroatoms. The monoisotopic (exact) mass is 523 g/mol. The lowest BCUT2D eigenvalue weighted by atomic mass is 10.1. The Bertz CT molecular complexity index is 1360. The standard InChI is InChI=1S/C32H29NO6/c34-30(37-22-25-14-6-2-7-15-25)27-18-10-11-19-29(27)39-31(35)28(21-20-24-12-4-1-5-13-24)33-32(36)38-23-26-16-8-3-9-17-26/h1-19,28H,20-23H2,(H,33,36). The lowest BCUT2D eigenvalue weighted by Gasteiger charge is -2.18. The zero-order valence-corrected chi connectivity index (χ0v) is 21.3. The van der Waals surface area contributed by atoms with Crippen molar-refractivity contribution in [1.29, 1.82) is 0 Å². The van der Waals surface area contributed by atoms with Crippen LogP contribution >= 0.6 is 0 Å². The summed E-state index contributed by atoms with van der Waals surface area (Å²) in [6.45, 7) is 0.139. The molecule has 0 fully saturated rings. The number of nitrogens with one attached hydrogen (secondary N) is 1. The highest BCUT2D eigenvalue weighted by Gasteiger charge is 2.26. The lowest BCUT2D eigenvalue weighted by Crippen LogP contribution is -2.43. The van der Waals surface area contributed by atoms with Gasteiger partial charge in [0, 0.05) is 0 Å². The molecule has 4 aromatic rings. The Morgan fingerprint density at radius 2 is 1.13 bits per heavy atom. The van der Waals surface area contributed by atoms with Gasteiger partial charge in [-0.15, -0.1) is 0 Å². The van der Waals surface area contributed by atoms with E-state index in [1.807, 2.05) is 91.0 Å². The summed E-state index contributed by atoms with van der Waals surface area (Å²) in [4.78, 5) is 38.6. The minimum absolute atomic E-state index is 0.0460. The van der Waals surface area contributed by atoms with E-state index < -0.39 is 24.1 Å². The molecule has 0 aliphatic heterocycles. The Morgan fingerprint density at radius 3 is 1.74 bits per heavy atom. The van der Waals surface area contributed by atoms with Crippen LogP contribution in [0.25, 0.3) is 0 Å². The maximum atomic E-state index is 13.3. The molecular formula is C32H29NO6. The van der Waals surface area contributed by atoms with Gasteiger partial charge in [0.05, 0.1) is 0 Å². The van der Waals surface area contributed by atoms with Gasteiger partial charge in [-0.1, -0.05) is 103 Å². The maximum absolute atomic E-state index is 13.3. The number of ether oxygens (including phenoxy) is 3. The number of hydrogen-bond acceptors (Lipinski definition) is 6. The van der Waals surface area contributed by atoms with Gasteiger partial charge in [0.2, 0.25) is 0 Å². The maximum Gasteiger partial charge on any atom is 0.408 e. The first-order chi connectivity index (χ1) is 19.1. The molecule has 1 atom stereocenters. The van der Waals surface area contributed by atoms with E-state index in [2.05, 4.69) is 5.32 Å². The van der Waals surface area contributed by atoms with Gasteiger partial charge >= 0.3 is 18.0 Å². The summed E-state index contributed by atoms with van der Waals surface area (Å²) in [7, 11) is 0. The molecule has 0 saturated heterocycles. The van der Waals surface area contributed by atoms with Crippen LogP contribution in [0.5, 0.6) is 5.75 Å². The van der Waals surface area contributed by atoms with Crippen molar-refractivity contribution in [2.24, 2.45) is 0 Å². The topological polar surface area (TPSA) is 90.9 Å². The third kappa shape index (κ3) is 8.57. The van der Waals surface area contributed by atoms with Crippen molar-refractivity contribution in [3.05, 3.63) is 138 Å². The largest absolute Gasteiger partial charge is 0.457 e. The number of alkyl carbamates (subject to hydrolysis) is 1. The highest BCUT2D eigenvalue weighted by molar-refractivity contribution is 5.94. The van der Waals surface area contributed by atoms with Gasteiger partial charge in [-0.05, 0) is 41.7 Å². The number of benzene rings is 4. The van der Waals surface area contributed by atoms with Gasteiger partial charge in [-0.25, -0.2) is 14.4 Å². The van der Waals surface area contributed by atoms with E-state index in [4.69, 9.17) is 14.2 Å². The lowest BCUT2D eigenvalue weighted by molar-refractivity contribution is -0.136. The van der Waals surface area contributed by atoms with Crippen LogP contribution in [0.1, 0.15) is 33.5 Å². The first-order valence-corrected chi connectivity index (χ1v) is 12.6. The minimum Gasteiger partial charge on any atom is -0.457 e. The van der Waals surface area contributed by atoms with Crippen molar-refractivity contribution in [2.45, 2.75) is 32.1 Å². The predicted molar refractivity (Wildman–Crippen MR) is 146 cm³/mol. The van der Waals surface area contributed by atoms with Gasteiger partial charge in [-0.2, -0.15) is 0 Å². The average Bonchev–Trinajstić information content (AvgIpc) is 2.98. The van der Waals surface area contributed by atoms with E-state index in [1.54, 1.807) is 12.1 Å². The molecule has 0 heterocycles. The van der Waals surface area contributed by atoms with Crippen LogP contribution in [-0.2, 0) is 33.9 Å². The van der Waals surface area contributed by atoms with Crippen LogP contribution in [0.4, 0.5) is 4.79 Å². The summed E-state index contributed by atoms with van der Waals surface area (Å²) in [5.41, 5.74) is 2.76. The summed E-state index contributed by atoms with van der Waals surface area (Å²) >= 11 is 0. The number of hydrogen-bond donors (Lipinski definition) is 1. The van der Waals surface area contributed by atoms with Crippen LogP contribution in [0.3, 0.4) is 0 Å². The minimum atomic E-state index is -1.01. The second-order valence-corrected chi connectivity index (χ2v) is 8.76. The second-order valence-electron chi connectivity index (χ2n) is 8.76. The van der Waals surface area contributed by atoms with Crippen molar-refractivity contribution in [3.8, 4) is 5.75 Å². The van der Waals surface area contributed by atoms with E-state index >= 15 is 0 Å². The molecule has 0 aromatic heterocycles. The van der Waals surface area contributed by atoms with Crippen LogP contribution in [-0.4, -0.2) is 24.1 Å². The fourth-order valence-electron chi connectivity index (χ4n) is 3.82. The Labute approximate surface area is 227 Å². The molecule has 0 aliphatic carbocycles. The molecule has 39 heavy (non-hydrogen) atoms. The van der Waals surface area contributed by atoms with Gasteiger partial charge in [0.25, 0.3) is 0 Å². The van der Waals surface area contributed by atoms with Crippen molar-refractivity contribution in [2.75, 3.05) is 0 Å². The number of amides is 1. The Morgan fingerprint density at radius 1 is 0.615 bits per heavy atom. The van der Waals surface area contributed by atoms with Gasteiger partial charge in [0.1, 0.15) is 30.6 Å². The molecule has 0 aliphatic rings. The van der Waals surface area contributed by atoms with Crippen LogP contribution in [0.15, 0.2) is 115 Å². The summed E-state index contributed by atoms with van der Waals surface area (Å²) in [5, 5.41) is 2.62. The van der Waals surface area contributed by atoms with Gasteiger partial charge in [0.15, 0.2) is 0 Å². The van der Waals surface area contributed by atoms with E-state index in [0.29, 0.717) is 6.42 Å². The van der Waals surface area contributed by atoms with Crippen molar-refractivity contribution in [1.82, 2.24) is 5.32 Å². The Hall–Kier alpha value is -4.91. The van der Waals surface area contributed by atoms with Crippen LogP contribution in [0.2, 0.25) is 0 Å². The highest BCUT2D eigenvalue weighted by Crippen LogP contribution is 2.21. The molecular weight excluding hydrogens is 494 g/mol. The zero-order valence-electron chi connectivity index (χ0n) is 21.3. The number of carbonyl (C=O) groups is 3. The van der Waals surface area contributed by atoms with Crippen LogP contribution in [0, 0.1) is 0 Å².